The number of nitrogens with zero attached hydrogens (tertiary/aromatic N) is 1. The first-order valence-electron chi connectivity index (χ1n) is 9.48. The number of benzene rings is 3. The highest BCUT2D eigenvalue weighted by molar-refractivity contribution is 9.10. The monoisotopic (exact) mass is 528 g/mol. The second-order valence-corrected chi connectivity index (χ2v) is 8.59. The van der Waals surface area contributed by atoms with Gasteiger partial charge in [0.15, 0.2) is 6.61 Å². The highest BCUT2D eigenvalue weighted by Gasteiger charge is 2.17. The van der Waals surface area contributed by atoms with Crippen LogP contribution >= 0.6 is 39.1 Å². The molecule has 0 radical (unpaired) electrons. The summed E-state index contributed by atoms with van der Waals surface area (Å²) in [4.78, 5) is 29.7. The van der Waals surface area contributed by atoms with Crippen molar-refractivity contribution in [2.24, 2.45) is 0 Å². The number of ether oxygens (including phenoxy) is 1. The van der Waals surface area contributed by atoms with Crippen molar-refractivity contribution < 1.29 is 14.3 Å². The smallest absolute Gasteiger partial charge is 0.339 e. The van der Waals surface area contributed by atoms with Crippen molar-refractivity contribution in [3.05, 3.63) is 92.9 Å². The first-order valence-corrected chi connectivity index (χ1v) is 11.0. The zero-order valence-corrected chi connectivity index (χ0v) is 19.5. The minimum Gasteiger partial charge on any atom is -0.452 e. The van der Waals surface area contributed by atoms with Crippen LogP contribution in [-0.4, -0.2) is 23.5 Å². The fraction of sp³-hybridized carbons (Fsp3) is 0.0417. The Bertz CT molecular complexity index is 1330. The standard InChI is InChI=1S/C24H15BrCl2N2O3/c25-14-5-8-16(9-6-14)28-23(30)13-32-24(31)19-12-22(18-10-7-15(26)11-20(18)27)29-21-4-2-1-3-17(19)21/h1-12H,13H2,(H,28,30). The molecular weight excluding hydrogens is 515 g/mol. The molecule has 1 heterocycles. The summed E-state index contributed by atoms with van der Waals surface area (Å²) < 4.78 is 6.18. The van der Waals surface area contributed by atoms with Gasteiger partial charge in [-0.1, -0.05) is 57.3 Å². The first kappa shape index (κ1) is 22.3. The van der Waals surface area contributed by atoms with Gasteiger partial charge < -0.3 is 10.1 Å². The number of pyridine rings is 1. The minimum atomic E-state index is -0.638. The highest BCUT2D eigenvalue weighted by atomic mass is 79.9. The number of aromatic nitrogens is 1. The Morgan fingerprint density at radius 1 is 0.969 bits per heavy atom. The molecule has 0 aliphatic heterocycles. The van der Waals surface area contributed by atoms with Gasteiger partial charge in [-0.3, -0.25) is 4.79 Å². The molecule has 0 saturated carbocycles. The van der Waals surface area contributed by atoms with Crippen LogP contribution in [0.15, 0.2) is 77.3 Å². The van der Waals surface area contributed by atoms with Crippen molar-refractivity contribution >= 4 is 67.6 Å². The van der Waals surface area contributed by atoms with Crippen molar-refractivity contribution in [2.75, 3.05) is 11.9 Å². The third-order valence-electron chi connectivity index (χ3n) is 4.61. The Morgan fingerprint density at radius 2 is 1.72 bits per heavy atom. The van der Waals surface area contributed by atoms with E-state index in [1.807, 2.05) is 6.07 Å². The number of hydrogen-bond donors (Lipinski definition) is 1. The van der Waals surface area contributed by atoms with Gasteiger partial charge in [-0.15, -0.1) is 0 Å². The number of esters is 1. The summed E-state index contributed by atoms with van der Waals surface area (Å²) in [7, 11) is 0. The van der Waals surface area contributed by atoms with Crippen LogP contribution in [0.2, 0.25) is 10.0 Å². The lowest BCUT2D eigenvalue weighted by atomic mass is 10.0. The van der Waals surface area contributed by atoms with Gasteiger partial charge in [0.05, 0.1) is 21.8 Å². The Balaban J connectivity index is 1.59. The van der Waals surface area contributed by atoms with Crippen LogP contribution in [0.4, 0.5) is 5.69 Å². The molecule has 3 aromatic carbocycles. The Kier molecular flexibility index (Phi) is 6.74. The van der Waals surface area contributed by atoms with Gasteiger partial charge in [0.2, 0.25) is 0 Å². The van der Waals surface area contributed by atoms with E-state index < -0.39 is 18.5 Å². The lowest BCUT2D eigenvalue weighted by Gasteiger charge is -2.11. The number of anilines is 1. The maximum absolute atomic E-state index is 12.9. The largest absolute Gasteiger partial charge is 0.452 e. The van der Waals surface area contributed by atoms with Gasteiger partial charge in [0, 0.05) is 26.1 Å². The van der Waals surface area contributed by atoms with E-state index >= 15 is 0 Å². The fourth-order valence-electron chi connectivity index (χ4n) is 3.12. The van der Waals surface area contributed by atoms with Gasteiger partial charge in [0.1, 0.15) is 0 Å². The number of rotatable bonds is 5. The first-order chi connectivity index (χ1) is 15.4. The zero-order valence-electron chi connectivity index (χ0n) is 16.4. The molecule has 0 saturated heterocycles. The Hall–Kier alpha value is -2.93. The van der Waals surface area contributed by atoms with Crippen LogP contribution in [0.3, 0.4) is 0 Å². The molecule has 0 bridgehead atoms. The Morgan fingerprint density at radius 3 is 2.47 bits per heavy atom. The fourth-order valence-corrected chi connectivity index (χ4v) is 3.89. The molecule has 0 unspecified atom stereocenters. The van der Waals surface area contributed by atoms with E-state index in [0.29, 0.717) is 37.9 Å². The van der Waals surface area contributed by atoms with Crippen LogP contribution in [0.5, 0.6) is 0 Å². The summed E-state index contributed by atoms with van der Waals surface area (Å²) in [6.45, 7) is -0.428. The van der Waals surface area contributed by atoms with Crippen molar-refractivity contribution in [1.82, 2.24) is 4.98 Å². The number of nitrogens with one attached hydrogen (secondary N) is 1. The molecule has 32 heavy (non-hydrogen) atoms. The van der Waals surface area contributed by atoms with Gasteiger partial charge in [-0.05, 0) is 54.6 Å². The third kappa shape index (κ3) is 5.10. The number of para-hydroxylation sites is 1. The van der Waals surface area contributed by atoms with E-state index in [-0.39, 0.29) is 5.56 Å². The molecule has 4 rings (SSSR count). The molecule has 1 amide bonds. The number of carbonyl (C=O) groups excluding carboxylic acids is 2. The SMILES string of the molecule is O=C(COC(=O)c1cc(-c2ccc(Cl)cc2Cl)nc2ccccc12)Nc1ccc(Br)cc1. The van der Waals surface area contributed by atoms with Crippen LogP contribution in [0, 0.1) is 0 Å². The molecule has 8 heteroatoms. The molecule has 4 aromatic rings. The molecule has 1 aromatic heterocycles. The molecule has 0 spiro atoms. The molecule has 0 aliphatic carbocycles. The molecule has 0 fully saturated rings. The number of halogens is 3. The van der Waals surface area contributed by atoms with Gasteiger partial charge in [0.25, 0.3) is 5.91 Å². The predicted octanol–water partition coefficient (Wildman–Crippen LogP) is 6.77. The van der Waals surface area contributed by atoms with E-state index in [2.05, 4.69) is 26.2 Å². The van der Waals surface area contributed by atoms with Crippen molar-refractivity contribution in [3.8, 4) is 11.3 Å². The van der Waals surface area contributed by atoms with Crippen LogP contribution in [-0.2, 0) is 9.53 Å². The number of amides is 1. The van der Waals surface area contributed by atoms with E-state index in [0.717, 1.165) is 4.47 Å². The van der Waals surface area contributed by atoms with Crippen molar-refractivity contribution in [3.63, 3.8) is 0 Å². The number of hydrogen-bond acceptors (Lipinski definition) is 4. The summed E-state index contributed by atoms with van der Waals surface area (Å²) in [6, 6.07) is 20.9. The quantitative estimate of drug-likeness (QED) is 0.290. The summed E-state index contributed by atoms with van der Waals surface area (Å²) in [6.07, 6.45) is 0. The molecule has 5 nitrogen and oxygen atoms in total. The van der Waals surface area contributed by atoms with Gasteiger partial charge in [-0.25, -0.2) is 9.78 Å². The lowest BCUT2D eigenvalue weighted by Crippen LogP contribution is -2.21. The summed E-state index contributed by atoms with van der Waals surface area (Å²) in [5, 5.41) is 4.20. The normalized spacial score (nSPS) is 10.7. The van der Waals surface area contributed by atoms with Gasteiger partial charge in [-0.2, -0.15) is 0 Å². The lowest BCUT2D eigenvalue weighted by molar-refractivity contribution is -0.119. The molecule has 160 valence electrons. The summed E-state index contributed by atoms with van der Waals surface area (Å²) in [5.74, 6) is -1.08. The molecular formula is C24H15BrCl2N2O3. The maximum atomic E-state index is 12.9. The van der Waals surface area contributed by atoms with E-state index in [4.69, 9.17) is 27.9 Å². The minimum absolute atomic E-state index is 0.285. The number of fused-ring (bicyclic) bond motifs is 1. The maximum Gasteiger partial charge on any atom is 0.339 e. The molecule has 1 N–H and O–H groups in total. The second kappa shape index (κ2) is 9.69. The van der Waals surface area contributed by atoms with Crippen LogP contribution < -0.4 is 5.32 Å². The third-order valence-corrected chi connectivity index (χ3v) is 5.68. The van der Waals surface area contributed by atoms with Crippen molar-refractivity contribution in [1.29, 1.82) is 0 Å². The predicted molar refractivity (Wildman–Crippen MR) is 130 cm³/mol. The molecule has 0 atom stereocenters. The average Bonchev–Trinajstić information content (AvgIpc) is 2.78. The van der Waals surface area contributed by atoms with E-state index in [9.17, 15) is 9.59 Å². The number of carbonyl (C=O) groups is 2. The average molecular weight is 530 g/mol. The van der Waals surface area contributed by atoms with Crippen molar-refractivity contribution in [2.45, 2.75) is 0 Å². The highest BCUT2D eigenvalue weighted by Crippen LogP contribution is 2.32. The van der Waals surface area contributed by atoms with E-state index in [1.54, 1.807) is 66.7 Å². The van der Waals surface area contributed by atoms with E-state index in [1.165, 1.54) is 0 Å². The zero-order chi connectivity index (χ0) is 22.7. The topological polar surface area (TPSA) is 68.3 Å². The van der Waals surface area contributed by atoms with Gasteiger partial charge >= 0.3 is 5.97 Å². The molecule has 0 aliphatic rings. The van der Waals surface area contributed by atoms with Crippen LogP contribution in [0.25, 0.3) is 22.2 Å². The second-order valence-electron chi connectivity index (χ2n) is 6.83. The summed E-state index contributed by atoms with van der Waals surface area (Å²) >= 11 is 15.7. The Labute approximate surface area is 202 Å². The summed E-state index contributed by atoms with van der Waals surface area (Å²) in [5.41, 5.74) is 2.61. The van der Waals surface area contributed by atoms with Crippen LogP contribution in [0.1, 0.15) is 10.4 Å².